The van der Waals surface area contributed by atoms with Gasteiger partial charge in [0.2, 0.25) is 11.9 Å². The summed E-state index contributed by atoms with van der Waals surface area (Å²) in [6.45, 7) is 3.71. The predicted molar refractivity (Wildman–Crippen MR) is 82.1 cm³/mol. The molecule has 8 nitrogen and oxygen atoms in total. The number of imidazole rings is 1. The summed E-state index contributed by atoms with van der Waals surface area (Å²) in [5.41, 5.74) is 2.35. The molecule has 3 aromatic heterocycles. The Hall–Kier alpha value is -3.03. The van der Waals surface area contributed by atoms with Crippen molar-refractivity contribution in [3.05, 3.63) is 48.1 Å². The van der Waals surface area contributed by atoms with E-state index in [2.05, 4.69) is 25.4 Å². The number of amides is 1. The zero-order chi connectivity index (χ0) is 16.2. The lowest BCUT2D eigenvalue weighted by atomic mass is 10.1. The van der Waals surface area contributed by atoms with Gasteiger partial charge in [0.15, 0.2) is 0 Å². The van der Waals surface area contributed by atoms with Gasteiger partial charge in [-0.3, -0.25) is 9.36 Å². The molecule has 0 unspecified atom stereocenters. The van der Waals surface area contributed by atoms with E-state index < -0.39 is 0 Å². The van der Waals surface area contributed by atoms with Crippen LogP contribution in [0.5, 0.6) is 0 Å². The lowest BCUT2D eigenvalue weighted by Crippen LogP contribution is -2.13. The smallest absolute Gasteiger partial charge is 0.234 e. The van der Waals surface area contributed by atoms with E-state index in [1.165, 1.54) is 0 Å². The van der Waals surface area contributed by atoms with Gasteiger partial charge in [-0.2, -0.15) is 0 Å². The fourth-order valence-electron chi connectivity index (χ4n) is 2.22. The zero-order valence-electron chi connectivity index (χ0n) is 12.9. The van der Waals surface area contributed by atoms with E-state index in [1.54, 1.807) is 35.7 Å². The first-order chi connectivity index (χ1) is 11.1. The molecule has 0 bridgehead atoms. The summed E-state index contributed by atoms with van der Waals surface area (Å²) in [5, 5.41) is 6.65. The Morgan fingerprint density at radius 1 is 1.30 bits per heavy atom. The predicted octanol–water partition coefficient (Wildman–Crippen LogP) is 1.84. The molecule has 0 aliphatic heterocycles. The van der Waals surface area contributed by atoms with Gasteiger partial charge in [0.1, 0.15) is 12.1 Å². The number of hydrogen-bond acceptors (Lipinski definition) is 6. The van der Waals surface area contributed by atoms with Crippen molar-refractivity contribution in [3.8, 4) is 5.95 Å². The molecule has 0 radical (unpaired) electrons. The van der Waals surface area contributed by atoms with Crippen molar-refractivity contribution in [2.45, 2.75) is 26.7 Å². The summed E-state index contributed by atoms with van der Waals surface area (Å²) < 4.78 is 6.77. The Labute approximate surface area is 132 Å². The summed E-state index contributed by atoms with van der Waals surface area (Å²) in [5.74, 6) is 1.14. The van der Waals surface area contributed by atoms with Crippen LogP contribution in [0.4, 0.5) is 5.69 Å². The number of nitrogens with zero attached hydrogens (tertiary/aromatic N) is 5. The zero-order valence-corrected chi connectivity index (χ0v) is 12.9. The van der Waals surface area contributed by atoms with Crippen LogP contribution in [-0.4, -0.2) is 30.6 Å². The average molecular weight is 312 g/mol. The van der Waals surface area contributed by atoms with Gasteiger partial charge in [0.05, 0.1) is 23.8 Å². The number of aryl methyl sites for hydroxylation is 2. The Morgan fingerprint density at radius 2 is 2.09 bits per heavy atom. The van der Waals surface area contributed by atoms with E-state index in [0.717, 1.165) is 17.0 Å². The van der Waals surface area contributed by atoms with Gasteiger partial charge in [-0.25, -0.2) is 15.0 Å². The van der Waals surface area contributed by atoms with Crippen LogP contribution in [-0.2, 0) is 11.2 Å². The van der Waals surface area contributed by atoms with Gasteiger partial charge >= 0.3 is 0 Å². The largest absolute Gasteiger partial charge is 0.361 e. The van der Waals surface area contributed by atoms with E-state index in [9.17, 15) is 4.79 Å². The van der Waals surface area contributed by atoms with E-state index in [0.29, 0.717) is 24.5 Å². The van der Waals surface area contributed by atoms with Crippen molar-refractivity contribution in [1.29, 1.82) is 0 Å². The fourth-order valence-corrected chi connectivity index (χ4v) is 2.22. The highest BCUT2D eigenvalue weighted by Crippen LogP contribution is 2.15. The van der Waals surface area contributed by atoms with Crippen molar-refractivity contribution in [3.63, 3.8) is 0 Å². The third kappa shape index (κ3) is 3.42. The monoisotopic (exact) mass is 312 g/mol. The van der Waals surface area contributed by atoms with Gasteiger partial charge in [-0.1, -0.05) is 5.16 Å². The Bertz CT molecular complexity index is 772. The standard InChI is InChI=1S/C15H16N6O2/c1-10-13(11(2)23-20-10)3-4-14(22)19-12-7-17-15(18-8-12)21-6-5-16-9-21/h5-9H,3-4H2,1-2H3,(H,19,22). The number of hydrogen-bond donors (Lipinski definition) is 1. The number of rotatable bonds is 5. The maximum absolute atomic E-state index is 12.0. The van der Waals surface area contributed by atoms with Crippen molar-refractivity contribution in [2.75, 3.05) is 5.32 Å². The van der Waals surface area contributed by atoms with Crippen LogP contribution in [0.15, 0.2) is 35.6 Å². The fraction of sp³-hybridized carbons (Fsp3) is 0.267. The molecule has 0 aromatic carbocycles. The molecule has 0 saturated carbocycles. The third-order valence-electron chi connectivity index (χ3n) is 3.44. The Balaban J connectivity index is 1.58. The van der Waals surface area contributed by atoms with Gasteiger partial charge in [-0.15, -0.1) is 0 Å². The minimum absolute atomic E-state index is 0.107. The Kier molecular flexibility index (Phi) is 4.13. The number of carbonyl (C=O) groups excluding carboxylic acids is 1. The van der Waals surface area contributed by atoms with Gasteiger partial charge < -0.3 is 9.84 Å². The van der Waals surface area contributed by atoms with Crippen molar-refractivity contribution >= 4 is 11.6 Å². The molecule has 118 valence electrons. The number of carbonyl (C=O) groups is 1. The highest BCUT2D eigenvalue weighted by Gasteiger charge is 2.11. The number of nitrogens with one attached hydrogen (secondary N) is 1. The molecule has 1 amide bonds. The molecule has 3 rings (SSSR count). The highest BCUT2D eigenvalue weighted by molar-refractivity contribution is 5.90. The lowest BCUT2D eigenvalue weighted by molar-refractivity contribution is -0.116. The quantitative estimate of drug-likeness (QED) is 0.771. The SMILES string of the molecule is Cc1noc(C)c1CCC(=O)Nc1cnc(-n2ccnc2)nc1. The van der Waals surface area contributed by atoms with E-state index >= 15 is 0 Å². The molecular weight excluding hydrogens is 296 g/mol. The molecule has 0 fully saturated rings. The minimum atomic E-state index is -0.107. The molecule has 23 heavy (non-hydrogen) atoms. The van der Waals surface area contributed by atoms with E-state index in [-0.39, 0.29) is 5.91 Å². The first-order valence-electron chi connectivity index (χ1n) is 7.15. The summed E-state index contributed by atoms with van der Waals surface area (Å²) in [4.78, 5) is 24.3. The first kappa shape index (κ1) is 14.9. The molecule has 0 aliphatic carbocycles. The lowest BCUT2D eigenvalue weighted by Gasteiger charge is -2.05. The number of aromatic nitrogens is 5. The van der Waals surface area contributed by atoms with Gasteiger partial charge in [0.25, 0.3) is 0 Å². The van der Waals surface area contributed by atoms with Crippen LogP contribution in [0.2, 0.25) is 0 Å². The van der Waals surface area contributed by atoms with Crippen LogP contribution in [0, 0.1) is 13.8 Å². The van der Waals surface area contributed by atoms with Crippen LogP contribution >= 0.6 is 0 Å². The summed E-state index contributed by atoms with van der Waals surface area (Å²) >= 11 is 0. The van der Waals surface area contributed by atoms with Crippen molar-refractivity contribution in [2.24, 2.45) is 0 Å². The highest BCUT2D eigenvalue weighted by atomic mass is 16.5. The van der Waals surface area contributed by atoms with E-state index in [4.69, 9.17) is 4.52 Å². The summed E-state index contributed by atoms with van der Waals surface area (Å²) in [7, 11) is 0. The molecule has 3 aromatic rings. The summed E-state index contributed by atoms with van der Waals surface area (Å²) in [6, 6.07) is 0. The first-order valence-corrected chi connectivity index (χ1v) is 7.15. The topological polar surface area (TPSA) is 98.7 Å². The molecule has 1 N–H and O–H groups in total. The molecular formula is C15H16N6O2. The Morgan fingerprint density at radius 3 is 2.70 bits per heavy atom. The minimum Gasteiger partial charge on any atom is -0.361 e. The molecule has 3 heterocycles. The van der Waals surface area contributed by atoms with Crippen molar-refractivity contribution in [1.82, 2.24) is 24.7 Å². The third-order valence-corrected chi connectivity index (χ3v) is 3.44. The van der Waals surface area contributed by atoms with Crippen LogP contribution < -0.4 is 5.32 Å². The van der Waals surface area contributed by atoms with Crippen LogP contribution in [0.3, 0.4) is 0 Å². The average Bonchev–Trinajstić information content (AvgIpc) is 3.17. The van der Waals surface area contributed by atoms with Gasteiger partial charge in [0, 0.05) is 24.4 Å². The summed E-state index contributed by atoms with van der Waals surface area (Å²) in [6.07, 6.45) is 9.06. The maximum Gasteiger partial charge on any atom is 0.234 e. The second kappa shape index (κ2) is 6.39. The van der Waals surface area contributed by atoms with Gasteiger partial charge in [-0.05, 0) is 20.3 Å². The molecule has 0 atom stereocenters. The maximum atomic E-state index is 12.0. The van der Waals surface area contributed by atoms with E-state index in [1.807, 2.05) is 13.8 Å². The van der Waals surface area contributed by atoms with Crippen LogP contribution in [0.25, 0.3) is 5.95 Å². The van der Waals surface area contributed by atoms with Crippen molar-refractivity contribution < 1.29 is 9.32 Å². The van der Waals surface area contributed by atoms with Crippen LogP contribution in [0.1, 0.15) is 23.4 Å². The molecule has 8 heteroatoms. The second-order valence-electron chi connectivity index (χ2n) is 5.09. The molecule has 0 aliphatic rings. The second-order valence-corrected chi connectivity index (χ2v) is 5.09. The normalized spacial score (nSPS) is 10.7. The number of anilines is 1. The molecule has 0 saturated heterocycles. The molecule has 0 spiro atoms.